The summed E-state index contributed by atoms with van der Waals surface area (Å²) < 4.78 is 4.20. The Morgan fingerprint density at radius 2 is 2.08 bits per heavy atom. The van der Waals surface area contributed by atoms with Gasteiger partial charge in [0.05, 0.1) is 5.75 Å². The predicted molar refractivity (Wildman–Crippen MR) is 95.6 cm³/mol. The first-order chi connectivity index (χ1) is 11.7. The van der Waals surface area contributed by atoms with Gasteiger partial charge >= 0.3 is 0 Å². The van der Waals surface area contributed by atoms with Gasteiger partial charge < -0.3 is 4.57 Å². The van der Waals surface area contributed by atoms with E-state index in [-0.39, 0.29) is 0 Å². The van der Waals surface area contributed by atoms with E-state index in [9.17, 15) is 0 Å². The Kier molecular flexibility index (Phi) is 5.10. The van der Waals surface area contributed by atoms with Gasteiger partial charge in [-0.1, -0.05) is 23.9 Å². The molecule has 3 rings (SSSR count). The lowest BCUT2D eigenvalue weighted by atomic mass is 10.3. The number of aromatic nitrogens is 6. The van der Waals surface area contributed by atoms with E-state index in [1.54, 1.807) is 18.0 Å². The first-order valence-electron chi connectivity index (χ1n) is 7.80. The lowest BCUT2D eigenvalue weighted by Crippen LogP contribution is -2.05. The van der Waals surface area contributed by atoms with E-state index in [4.69, 9.17) is 0 Å². The number of nitrogens with zero attached hydrogens (tertiary/aromatic N) is 6. The van der Waals surface area contributed by atoms with Crippen molar-refractivity contribution in [1.29, 1.82) is 0 Å². The van der Waals surface area contributed by atoms with Gasteiger partial charge in [0.1, 0.15) is 11.5 Å². The second kappa shape index (κ2) is 7.44. The van der Waals surface area contributed by atoms with Crippen LogP contribution in [0.25, 0.3) is 11.5 Å². The highest BCUT2D eigenvalue weighted by molar-refractivity contribution is 7.98. The van der Waals surface area contributed by atoms with Crippen LogP contribution in [0.5, 0.6) is 0 Å². The van der Waals surface area contributed by atoms with Crippen LogP contribution in [0.15, 0.2) is 54.6 Å². The summed E-state index contributed by atoms with van der Waals surface area (Å²) in [6.45, 7) is 8.77. The van der Waals surface area contributed by atoms with Gasteiger partial charge in [-0.3, -0.25) is 9.55 Å². The standard InChI is InChI=1S/C17H20N6S/c1-4-10-23-16(14-7-5-6-8-18-14)20-21-17(23)24-12-15-19-9-11-22(15)13(2)3/h4-9,11,13H,1,10,12H2,2-3H3. The Morgan fingerprint density at radius 1 is 1.21 bits per heavy atom. The van der Waals surface area contributed by atoms with Crippen molar-refractivity contribution < 1.29 is 0 Å². The van der Waals surface area contributed by atoms with E-state index in [1.807, 2.05) is 41.2 Å². The summed E-state index contributed by atoms with van der Waals surface area (Å²) >= 11 is 1.62. The molecular weight excluding hydrogens is 320 g/mol. The number of allylic oxidation sites excluding steroid dienone is 1. The van der Waals surface area contributed by atoms with Crippen LogP contribution in [0.3, 0.4) is 0 Å². The molecule has 0 fully saturated rings. The Bertz CT molecular complexity index is 806. The molecule has 0 atom stereocenters. The number of hydrogen-bond acceptors (Lipinski definition) is 5. The van der Waals surface area contributed by atoms with Crippen molar-refractivity contribution in [3.8, 4) is 11.5 Å². The van der Waals surface area contributed by atoms with Gasteiger partial charge in [0.2, 0.25) is 0 Å². The zero-order chi connectivity index (χ0) is 16.9. The second-order valence-electron chi connectivity index (χ2n) is 5.55. The van der Waals surface area contributed by atoms with Crippen molar-refractivity contribution >= 4 is 11.8 Å². The van der Waals surface area contributed by atoms with Gasteiger partial charge in [0.25, 0.3) is 0 Å². The molecule has 0 radical (unpaired) electrons. The summed E-state index contributed by atoms with van der Waals surface area (Å²) in [4.78, 5) is 8.81. The molecule has 3 aromatic rings. The van der Waals surface area contributed by atoms with Crippen LogP contribution in [-0.4, -0.2) is 29.3 Å². The van der Waals surface area contributed by atoms with Gasteiger partial charge in [0, 0.05) is 31.2 Å². The van der Waals surface area contributed by atoms with Gasteiger partial charge in [0.15, 0.2) is 11.0 Å². The summed E-state index contributed by atoms with van der Waals surface area (Å²) in [5.74, 6) is 2.52. The Labute approximate surface area is 145 Å². The van der Waals surface area contributed by atoms with Gasteiger partial charge in [-0.25, -0.2) is 4.98 Å². The van der Waals surface area contributed by atoms with E-state index < -0.39 is 0 Å². The summed E-state index contributed by atoms with van der Waals surface area (Å²) in [5, 5.41) is 9.49. The minimum Gasteiger partial charge on any atom is -0.332 e. The number of hydrogen-bond donors (Lipinski definition) is 0. The molecule has 0 unspecified atom stereocenters. The minimum atomic E-state index is 0.387. The Morgan fingerprint density at radius 3 is 2.79 bits per heavy atom. The van der Waals surface area contributed by atoms with Crippen LogP contribution >= 0.6 is 11.8 Å². The third kappa shape index (κ3) is 3.41. The molecule has 6 nitrogen and oxygen atoms in total. The minimum absolute atomic E-state index is 0.387. The molecule has 0 aliphatic rings. The van der Waals surface area contributed by atoms with E-state index in [0.717, 1.165) is 28.3 Å². The van der Waals surface area contributed by atoms with Crippen molar-refractivity contribution in [2.45, 2.75) is 37.3 Å². The van der Waals surface area contributed by atoms with Crippen molar-refractivity contribution in [3.05, 3.63) is 55.3 Å². The summed E-state index contributed by atoms with van der Waals surface area (Å²) in [5.41, 5.74) is 0.808. The molecule has 24 heavy (non-hydrogen) atoms. The average molecular weight is 340 g/mol. The van der Waals surface area contributed by atoms with E-state index in [2.05, 4.69) is 45.2 Å². The lowest BCUT2D eigenvalue weighted by molar-refractivity contribution is 0.580. The topological polar surface area (TPSA) is 61.4 Å². The molecule has 0 aromatic carbocycles. The first kappa shape index (κ1) is 16.4. The highest BCUT2D eigenvalue weighted by atomic mass is 32.2. The van der Waals surface area contributed by atoms with Gasteiger partial charge in [-0.05, 0) is 26.0 Å². The first-order valence-corrected chi connectivity index (χ1v) is 8.79. The van der Waals surface area contributed by atoms with Crippen LogP contribution in [0.4, 0.5) is 0 Å². The Balaban J connectivity index is 1.84. The van der Waals surface area contributed by atoms with E-state index in [0.29, 0.717) is 12.6 Å². The van der Waals surface area contributed by atoms with Crippen molar-refractivity contribution in [2.75, 3.05) is 0 Å². The molecule has 0 bridgehead atoms. The Hall–Kier alpha value is -2.41. The average Bonchev–Trinajstić information content (AvgIpc) is 3.21. The molecule has 0 spiro atoms. The third-order valence-corrected chi connectivity index (χ3v) is 4.52. The molecule has 0 aliphatic carbocycles. The predicted octanol–water partition coefficient (Wildman–Crippen LogP) is 3.60. The van der Waals surface area contributed by atoms with Gasteiger partial charge in [-0.15, -0.1) is 16.8 Å². The smallest absolute Gasteiger partial charge is 0.192 e. The number of imidazole rings is 1. The highest BCUT2D eigenvalue weighted by Crippen LogP contribution is 2.25. The molecule has 0 aliphatic heterocycles. The van der Waals surface area contributed by atoms with Crippen molar-refractivity contribution in [2.24, 2.45) is 0 Å². The quantitative estimate of drug-likeness (QED) is 0.486. The fourth-order valence-electron chi connectivity index (χ4n) is 2.43. The number of thioether (sulfide) groups is 1. The molecule has 7 heteroatoms. The maximum Gasteiger partial charge on any atom is 0.192 e. The molecule has 3 heterocycles. The van der Waals surface area contributed by atoms with Crippen LogP contribution in [-0.2, 0) is 12.3 Å². The third-order valence-electron chi connectivity index (χ3n) is 3.56. The van der Waals surface area contributed by atoms with E-state index in [1.165, 1.54) is 0 Å². The molecular formula is C17H20N6S. The van der Waals surface area contributed by atoms with Crippen molar-refractivity contribution in [3.63, 3.8) is 0 Å². The number of rotatable bonds is 7. The highest BCUT2D eigenvalue weighted by Gasteiger charge is 2.15. The fourth-order valence-corrected chi connectivity index (χ4v) is 3.33. The molecule has 3 aromatic heterocycles. The zero-order valence-corrected chi connectivity index (χ0v) is 14.6. The largest absolute Gasteiger partial charge is 0.332 e. The maximum absolute atomic E-state index is 4.45. The monoisotopic (exact) mass is 340 g/mol. The molecule has 0 saturated heterocycles. The number of pyridine rings is 1. The normalized spacial score (nSPS) is 11.1. The summed E-state index contributed by atoms with van der Waals surface area (Å²) in [7, 11) is 0. The second-order valence-corrected chi connectivity index (χ2v) is 6.50. The van der Waals surface area contributed by atoms with Crippen LogP contribution in [0, 0.1) is 0 Å². The fraction of sp³-hybridized carbons (Fsp3) is 0.294. The lowest BCUT2D eigenvalue weighted by Gasteiger charge is -2.11. The molecule has 0 N–H and O–H groups in total. The van der Waals surface area contributed by atoms with Crippen LogP contribution in [0.1, 0.15) is 25.7 Å². The van der Waals surface area contributed by atoms with Crippen LogP contribution < -0.4 is 0 Å². The summed E-state index contributed by atoms with van der Waals surface area (Å²) in [6.07, 6.45) is 7.45. The summed E-state index contributed by atoms with van der Waals surface area (Å²) in [6, 6.07) is 6.16. The van der Waals surface area contributed by atoms with Gasteiger partial charge in [-0.2, -0.15) is 0 Å². The SMILES string of the molecule is C=CCn1c(SCc2nccn2C(C)C)nnc1-c1ccccn1. The van der Waals surface area contributed by atoms with Crippen molar-refractivity contribution in [1.82, 2.24) is 29.3 Å². The molecule has 0 amide bonds. The van der Waals surface area contributed by atoms with E-state index >= 15 is 0 Å². The van der Waals surface area contributed by atoms with Crippen LogP contribution in [0.2, 0.25) is 0 Å². The zero-order valence-electron chi connectivity index (χ0n) is 13.8. The maximum atomic E-state index is 4.45. The molecule has 0 saturated carbocycles. The molecule has 124 valence electrons.